The molecule has 43 heavy (non-hydrogen) atoms. The normalized spacial score (nSPS) is 16.8. The molecule has 0 spiro atoms. The number of likely N-dealkylation sites (tertiary alicyclic amines) is 1. The summed E-state index contributed by atoms with van der Waals surface area (Å²) >= 11 is 0. The molecule has 11 heteroatoms. The second-order valence-electron chi connectivity index (χ2n) is 11.4. The maximum atomic E-state index is 12.9. The number of nitrogens with one attached hydrogen (secondary N) is 2. The Bertz CT molecular complexity index is 1530. The number of anilines is 1. The number of fused-ring (bicyclic) bond motifs is 1. The zero-order chi connectivity index (χ0) is 29.6. The van der Waals surface area contributed by atoms with Crippen LogP contribution in [0.3, 0.4) is 0 Å². The van der Waals surface area contributed by atoms with Crippen molar-refractivity contribution in [3.8, 4) is 11.3 Å². The first-order chi connectivity index (χ1) is 21.0. The second-order valence-corrected chi connectivity index (χ2v) is 11.4. The Morgan fingerprint density at radius 3 is 2.44 bits per heavy atom. The molecular formula is C32H38N8O3. The number of carbonyl (C=O) groups excluding carboxylic acids is 1. The summed E-state index contributed by atoms with van der Waals surface area (Å²) in [6.07, 6.45) is 9.06. The summed E-state index contributed by atoms with van der Waals surface area (Å²) in [5.74, 6) is 0.753. The molecule has 2 aliphatic rings. The Morgan fingerprint density at radius 1 is 0.930 bits per heavy atom. The maximum Gasteiger partial charge on any atom is 0.404 e. The molecule has 2 fully saturated rings. The number of hydrogen-bond acceptors (Lipinski definition) is 7. The molecule has 2 aromatic heterocycles. The standard InChI is InChI=1S/C32H38N8O3/c41-31(34-13-4-15-38-20-14-33-22-38)24-7-8-27-28(21-24)36-29(23-5-2-1-3-6-23)30(37-27)40-18-11-26(12-19-40)39-16-9-25(10-17-39)35-32(42)43/h1-3,5-8,14,20-22,25-26,35H,4,9-13,15-19H2,(H,34,41)(H,42,43). The van der Waals surface area contributed by atoms with Crippen molar-refractivity contribution in [3.05, 3.63) is 72.8 Å². The molecule has 2 amide bonds. The van der Waals surface area contributed by atoms with Crippen LogP contribution in [0.1, 0.15) is 42.5 Å². The van der Waals surface area contributed by atoms with E-state index in [-0.39, 0.29) is 11.9 Å². The third kappa shape index (κ3) is 6.94. The molecule has 0 bridgehead atoms. The van der Waals surface area contributed by atoms with Crippen LogP contribution in [0.25, 0.3) is 22.3 Å². The number of rotatable bonds is 9. The highest BCUT2D eigenvalue weighted by Crippen LogP contribution is 2.32. The summed E-state index contributed by atoms with van der Waals surface area (Å²) in [5.41, 5.74) is 3.85. The molecule has 0 aliphatic carbocycles. The van der Waals surface area contributed by atoms with Gasteiger partial charge in [0.05, 0.1) is 17.4 Å². The first-order valence-electron chi connectivity index (χ1n) is 15.1. The second kappa shape index (κ2) is 13.2. The zero-order valence-electron chi connectivity index (χ0n) is 24.2. The van der Waals surface area contributed by atoms with Crippen molar-refractivity contribution in [1.82, 2.24) is 35.1 Å². The van der Waals surface area contributed by atoms with Gasteiger partial charge in [0.1, 0.15) is 5.69 Å². The van der Waals surface area contributed by atoms with Gasteiger partial charge >= 0.3 is 6.09 Å². The minimum atomic E-state index is -0.936. The van der Waals surface area contributed by atoms with Crippen molar-refractivity contribution in [2.45, 2.75) is 50.7 Å². The lowest BCUT2D eigenvalue weighted by Crippen LogP contribution is -2.51. The minimum Gasteiger partial charge on any atom is -0.465 e. The molecule has 2 aliphatic heterocycles. The van der Waals surface area contributed by atoms with E-state index in [0.717, 1.165) is 87.4 Å². The van der Waals surface area contributed by atoms with Gasteiger partial charge in [-0.3, -0.25) is 4.79 Å². The summed E-state index contributed by atoms with van der Waals surface area (Å²) in [6.45, 7) is 4.95. The number of nitrogens with zero attached hydrogens (tertiary/aromatic N) is 6. The Balaban J connectivity index is 1.15. The maximum absolute atomic E-state index is 12.9. The zero-order valence-corrected chi connectivity index (χ0v) is 24.2. The third-order valence-corrected chi connectivity index (χ3v) is 8.53. The minimum absolute atomic E-state index is 0.0506. The van der Waals surface area contributed by atoms with Crippen molar-refractivity contribution in [3.63, 3.8) is 0 Å². The van der Waals surface area contributed by atoms with E-state index in [1.165, 1.54) is 0 Å². The summed E-state index contributed by atoms with van der Waals surface area (Å²) in [6, 6.07) is 16.2. The van der Waals surface area contributed by atoms with E-state index in [1.54, 1.807) is 12.5 Å². The molecular weight excluding hydrogens is 544 g/mol. The van der Waals surface area contributed by atoms with E-state index in [0.29, 0.717) is 23.7 Å². The van der Waals surface area contributed by atoms with Crippen LogP contribution in [0, 0.1) is 0 Å². The number of imidazole rings is 1. The fourth-order valence-corrected chi connectivity index (χ4v) is 6.21. The molecule has 3 N–H and O–H groups in total. The van der Waals surface area contributed by atoms with Gasteiger partial charge in [0.2, 0.25) is 0 Å². The molecule has 224 valence electrons. The quantitative estimate of drug-likeness (QED) is 0.253. The average Bonchev–Trinajstić information content (AvgIpc) is 3.56. The van der Waals surface area contributed by atoms with E-state index in [9.17, 15) is 9.59 Å². The predicted molar refractivity (Wildman–Crippen MR) is 165 cm³/mol. The van der Waals surface area contributed by atoms with Gasteiger partial charge in [-0.25, -0.2) is 19.7 Å². The van der Waals surface area contributed by atoms with E-state index in [4.69, 9.17) is 15.1 Å². The van der Waals surface area contributed by atoms with Crippen LogP contribution in [0.15, 0.2) is 67.3 Å². The van der Waals surface area contributed by atoms with Crippen molar-refractivity contribution < 1.29 is 14.7 Å². The number of carbonyl (C=O) groups is 2. The molecule has 6 rings (SSSR count). The number of hydrogen-bond donors (Lipinski definition) is 3. The predicted octanol–water partition coefficient (Wildman–Crippen LogP) is 4.01. The lowest BCUT2D eigenvalue weighted by atomic mass is 9.97. The van der Waals surface area contributed by atoms with Gasteiger partial charge in [0.15, 0.2) is 5.82 Å². The van der Waals surface area contributed by atoms with Gasteiger partial charge < -0.3 is 30.1 Å². The fourth-order valence-electron chi connectivity index (χ4n) is 6.21. The SMILES string of the molecule is O=C(O)NC1CCN(C2CCN(c3nc4ccc(C(=O)NCCCn5ccnc5)cc4nc3-c3ccccc3)CC2)CC1. The highest BCUT2D eigenvalue weighted by atomic mass is 16.4. The first kappa shape index (κ1) is 28.6. The molecule has 0 unspecified atom stereocenters. The van der Waals surface area contributed by atoms with Crippen LogP contribution in [-0.4, -0.2) is 86.3 Å². The highest BCUT2D eigenvalue weighted by molar-refractivity contribution is 5.98. The monoisotopic (exact) mass is 582 g/mol. The summed E-state index contributed by atoms with van der Waals surface area (Å²) < 4.78 is 1.99. The Morgan fingerprint density at radius 2 is 1.72 bits per heavy atom. The summed E-state index contributed by atoms with van der Waals surface area (Å²) in [5, 5.41) is 14.7. The van der Waals surface area contributed by atoms with E-state index in [2.05, 4.69) is 37.6 Å². The first-order valence-corrected chi connectivity index (χ1v) is 15.1. The topological polar surface area (TPSA) is 129 Å². The van der Waals surface area contributed by atoms with Gasteiger partial charge in [0.25, 0.3) is 5.91 Å². The van der Waals surface area contributed by atoms with Crippen LogP contribution in [0.4, 0.5) is 10.6 Å². The van der Waals surface area contributed by atoms with Gasteiger partial charge in [-0.1, -0.05) is 30.3 Å². The van der Waals surface area contributed by atoms with Crippen LogP contribution >= 0.6 is 0 Å². The van der Waals surface area contributed by atoms with Crippen molar-refractivity contribution in [2.24, 2.45) is 0 Å². The van der Waals surface area contributed by atoms with Crippen molar-refractivity contribution in [1.29, 1.82) is 0 Å². The van der Waals surface area contributed by atoms with E-state index in [1.807, 2.05) is 47.2 Å². The van der Waals surface area contributed by atoms with Gasteiger partial charge in [-0.15, -0.1) is 0 Å². The third-order valence-electron chi connectivity index (χ3n) is 8.53. The number of benzene rings is 2. The lowest BCUT2D eigenvalue weighted by molar-refractivity contribution is 0.0952. The van der Waals surface area contributed by atoms with E-state index >= 15 is 0 Å². The Labute approximate surface area is 251 Å². The van der Waals surface area contributed by atoms with Crippen LogP contribution < -0.4 is 15.5 Å². The molecule has 4 heterocycles. The highest BCUT2D eigenvalue weighted by Gasteiger charge is 2.30. The number of carboxylic acid groups (broad SMARTS) is 1. The van der Waals surface area contributed by atoms with Crippen LogP contribution in [-0.2, 0) is 6.54 Å². The number of amides is 2. The molecule has 2 aromatic carbocycles. The van der Waals surface area contributed by atoms with Crippen molar-refractivity contribution >= 4 is 28.9 Å². The fraction of sp³-hybridized carbons (Fsp3) is 0.406. The van der Waals surface area contributed by atoms with Gasteiger partial charge in [-0.2, -0.15) is 0 Å². The molecule has 0 radical (unpaired) electrons. The van der Waals surface area contributed by atoms with Gasteiger partial charge in [-0.05, 0) is 50.3 Å². The molecule has 4 aromatic rings. The van der Waals surface area contributed by atoms with Crippen LogP contribution in [0.5, 0.6) is 0 Å². The van der Waals surface area contributed by atoms with E-state index < -0.39 is 6.09 Å². The molecule has 11 nitrogen and oxygen atoms in total. The smallest absolute Gasteiger partial charge is 0.404 e. The summed E-state index contributed by atoms with van der Waals surface area (Å²) in [4.78, 5) is 43.0. The Kier molecular flexibility index (Phi) is 8.78. The average molecular weight is 583 g/mol. The van der Waals surface area contributed by atoms with Crippen molar-refractivity contribution in [2.75, 3.05) is 37.6 Å². The molecule has 2 saturated heterocycles. The number of aromatic nitrogens is 4. The molecule has 0 atom stereocenters. The number of aryl methyl sites for hydroxylation is 1. The van der Waals surface area contributed by atoms with Crippen LogP contribution in [0.2, 0.25) is 0 Å². The summed E-state index contributed by atoms with van der Waals surface area (Å²) in [7, 11) is 0. The number of piperidine rings is 2. The Hall–Kier alpha value is -4.51. The largest absolute Gasteiger partial charge is 0.465 e. The molecule has 0 saturated carbocycles. The lowest BCUT2D eigenvalue weighted by Gasteiger charge is -2.42. The van der Waals surface area contributed by atoms with Gasteiger partial charge in [0, 0.05) is 74.9 Å².